The standard InChI is InChI=1S/C11H12F2N2O2/c12-10(13)6-15-11(16)9-5-14-7-3-1-2-4-8(7)17-9/h1-4,9-10,14H,5-6H2,(H,15,16). The lowest BCUT2D eigenvalue weighted by Gasteiger charge is -2.26. The van der Waals surface area contributed by atoms with E-state index < -0.39 is 25.0 Å². The number of carbonyl (C=O) groups excluding carboxylic acids is 1. The number of para-hydroxylation sites is 2. The van der Waals surface area contributed by atoms with Crippen LogP contribution in [0.2, 0.25) is 0 Å². The largest absolute Gasteiger partial charge is 0.477 e. The molecule has 2 N–H and O–H groups in total. The van der Waals surface area contributed by atoms with E-state index in [0.29, 0.717) is 5.75 Å². The van der Waals surface area contributed by atoms with Crippen molar-refractivity contribution in [3.05, 3.63) is 24.3 Å². The number of amides is 1. The summed E-state index contributed by atoms with van der Waals surface area (Å²) in [5, 5.41) is 5.14. The van der Waals surface area contributed by atoms with Gasteiger partial charge in [-0.05, 0) is 12.1 Å². The van der Waals surface area contributed by atoms with Crippen LogP contribution >= 0.6 is 0 Å². The van der Waals surface area contributed by atoms with Crippen molar-refractivity contribution in [3.8, 4) is 5.75 Å². The molecule has 0 radical (unpaired) electrons. The summed E-state index contributed by atoms with van der Waals surface area (Å²) in [5.74, 6) is 0.0169. The van der Waals surface area contributed by atoms with E-state index in [1.165, 1.54) is 0 Å². The quantitative estimate of drug-likeness (QED) is 0.838. The van der Waals surface area contributed by atoms with Crippen molar-refractivity contribution in [1.29, 1.82) is 0 Å². The molecule has 1 aliphatic rings. The third-order valence-electron chi connectivity index (χ3n) is 2.36. The molecule has 1 amide bonds. The van der Waals surface area contributed by atoms with Crippen LogP contribution in [0, 0.1) is 0 Å². The molecule has 92 valence electrons. The number of carbonyl (C=O) groups is 1. The van der Waals surface area contributed by atoms with Gasteiger partial charge in [0, 0.05) is 0 Å². The number of alkyl halides is 2. The van der Waals surface area contributed by atoms with Crippen molar-refractivity contribution >= 4 is 11.6 Å². The molecule has 17 heavy (non-hydrogen) atoms. The normalized spacial score (nSPS) is 17.9. The summed E-state index contributed by atoms with van der Waals surface area (Å²) in [5.41, 5.74) is 0.797. The van der Waals surface area contributed by atoms with E-state index in [-0.39, 0.29) is 6.54 Å². The summed E-state index contributed by atoms with van der Waals surface area (Å²) in [6.45, 7) is -0.383. The van der Waals surface area contributed by atoms with Crippen molar-refractivity contribution in [2.24, 2.45) is 0 Å². The number of anilines is 1. The fraction of sp³-hybridized carbons (Fsp3) is 0.364. The Kier molecular flexibility index (Phi) is 3.41. The monoisotopic (exact) mass is 242 g/mol. The molecule has 4 nitrogen and oxygen atoms in total. The number of benzene rings is 1. The van der Waals surface area contributed by atoms with Gasteiger partial charge in [-0.25, -0.2) is 8.78 Å². The van der Waals surface area contributed by atoms with E-state index in [2.05, 4.69) is 10.6 Å². The maximum absolute atomic E-state index is 11.9. The fourth-order valence-electron chi connectivity index (χ4n) is 1.55. The van der Waals surface area contributed by atoms with Gasteiger partial charge in [0.2, 0.25) is 0 Å². The third-order valence-corrected chi connectivity index (χ3v) is 2.36. The molecule has 0 aliphatic carbocycles. The molecule has 6 heteroatoms. The fourth-order valence-corrected chi connectivity index (χ4v) is 1.55. The highest BCUT2D eigenvalue weighted by Crippen LogP contribution is 2.28. The molecule has 0 saturated heterocycles. The zero-order chi connectivity index (χ0) is 12.3. The highest BCUT2D eigenvalue weighted by Gasteiger charge is 2.25. The molecule has 1 aromatic carbocycles. The number of halogens is 2. The molecule has 1 unspecified atom stereocenters. The lowest BCUT2D eigenvalue weighted by molar-refractivity contribution is -0.128. The van der Waals surface area contributed by atoms with E-state index in [1.54, 1.807) is 12.1 Å². The van der Waals surface area contributed by atoms with Crippen molar-refractivity contribution in [3.63, 3.8) is 0 Å². The SMILES string of the molecule is O=C(NCC(F)F)C1CNc2ccccc2O1. The Morgan fingerprint density at radius 2 is 2.29 bits per heavy atom. The zero-order valence-electron chi connectivity index (χ0n) is 8.95. The Labute approximate surface area is 97.0 Å². The second kappa shape index (κ2) is 4.99. The molecule has 0 aromatic heterocycles. The summed E-state index contributed by atoms with van der Waals surface area (Å²) in [6.07, 6.45) is -3.33. The average Bonchev–Trinajstić information content (AvgIpc) is 2.35. The molecule has 1 heterocycles. The summed E-state index contributed by atoms with van der Waals surface area (Å²) in [4.78, 5) is 11.5. The summed E-state index contributed by atoms with van der Waals surface area (Å²) < 4.78 is 29.3. The van der Waals surface area contributed by atoms with Crippen LogP contribution in [-0.4, -0.2) is 31.5 Å². The van der Waals surface area contributed by atoms with Crippen molar-refractivity contribution < 1.29 is 18.3 Å². The van der Waals surface area contributed by atoms with Crippen LogP contribution in [0.25, 0.3) is 0 Å². The molecule has 2 rings (SSSR count). The van der Waals surface area contributed by atoms with Gasteiger partial charge in [-0.1, -0.05) is 12.1 Å². The molecule has 1 aliphatic heterocycles. The molecule has 0 spiro atoms. The van der Waals surface area contributed by atoms with E-state index in [1.807, 2.05) is 12.1 Å². The van der Waals surface area contributed by atoms with Crippen LogP contribution < -0.4 is 15.4 Å². The van der Waals surface area contributed by atoms with Gasteiger partial charge in [0.05, 0.1) is 18.8 Å². The van der Waals surface area contributed by atoms with Gasteiger partial charge in [0.1, 0.15) is 5.75 Å². The molecule has 1 atom stereocenters. The van der Waals surface area contributed by atoms with Gasteiger partial charge in [0.15, 0.2) is 6.10 Å². The van der Waals surface area contributed by atoms with E-state index in [0.717, 1.165) is 5.69 Å². The highest BCUT2D eigenvalue weighted by atomic mass is 19.3. The molecular weight excluding hydrogens is 230 g/mol. The molecule has 0 fully saturated rings. The van der Waals surface area contributed by atoms with Gasteiger partial charge >= 0.3 is 0 Å². The number of fused-ring (bicyclic) bond motifs is 1. The van der Waals surface area contributed by atoms with Crippen LogP contribution in [0.15, 0.2) is 24.3 Å². The average molecular weight is 242 g/mol. The third kappa shape index (κ3) is 2.83. The van der Waals surface area contributed by atoms with Crippen LogP contribution in [0.1, 0.15) is 0 Å². The first kappa shape index (κ1) is 11.6. The van der Waals surface area contributed by atoms with E-state index >= 15 is 0 Å². The second-order valence-electron chi connectivity index (χ2n) is 3.62. The predicted octanol–water partition coefficient (Wildman–Crippen LogP) is 1.24. The first-order valence-electron chi connectivity index (χ1n) is 5.22. The van der Waals surface area contributed by atoms with Gasteiger partial charge in [-0.3, -0.25) is 4.79 Å². The Morgan fingerprint density at radius 1 is 1.53 bits per heavy atom. The number of hydrogen-bond donors (Lipinski definition) is 2. The van der Waals surface area contributed by atoms with Gasteiger partial charge in [-0.15, -0.1) is 0 Å². The minimum absolute atomic E-state index is 0.270. The topological polar surface area (TPSA) is 50.4 Å². The summed E-state index contributed by atoms with van der Waals surface area (Å²) in [7, 11) is 0. The lowest BCUT2D eigenvalue weighted by atomic mass is 10.2. The zero-order valence-corrected chi connectivity index (χ0v) is 8.95. The number of nitrogens with one attached hydrogen (secondary N) is 2. The molecule has 0 saturated carbocycles. The summed E-state index contributed by atoms with van der Waals surface area (Å²) in [6, 6.07) is 7.16. The van der Waals surface area contributed by atoms with Gasteiger partial charge in [0.25, 0.3) is 12.3 Å². The maximum Gasteiger partial charge on any atom is 0.263 e. The maximum atomic E-state index is 11.9. The van der Waals surface area contributed by atoms with Crippen molar-refractivity contribution in [1.82, 2.24) is 5.32 Å². The Morgan fingerprint density at radius 3 is 3.06 bits per heavy atom. The molecule has 1 aromatic rings. The Hall–Kier alpha value is -1.85. The smallest absolute Gasteiger partial charge is 0.263 e. The first-order valence-corrected chi connectivity index (χ1v) is 5.22. The predicted molar refractivity (Wildman–Crippen MR) is 58.4 cm³/mol. The van der Waals surface area contributed by atoms with Crippen LogP contribution in [-0.2, 0) is 4.79 Å². The van der Waals surface area contributed by atoms with Crippen molar-refractivity contribution in [2.45, 2.75) is 12.5 Å². The number of hydrogen-bond acceptors (Lipinski definition) is 3. The van der Waals surface area contributed by atoms with Crippen LogP contribution in [0.5, 0.6) is 5.75 Å². The van der Waals surface area contributed by atoms with Gasteiger partial charge < -0.3 is 15.4 Å². The Bertz CT molecular complexity index is 412. The highest BCUT2D eigenvalue weighted by molar-refractivity contribution is 5.83. The van der Waals surface area contributed by atoms with Gasteiger partial charge in [-0.2, -0.15) is 0 Å². The Balaban J connectivity index is 1.95. The van der Waals surface area contributed by atoms with Crippen LogP contribution in [0.4, 0.5) is 14.5 Å². The summed E-state index contributed by atoms with van der Waals surface area (Å²) >= 11 is 0. The van der Waals surface area contributed by atoms with Crippen LogP contribution in [0.3, 0.4) is 0 Å². The minimum Gasteiger partial charge on any atom is -0.477 e. The van der Waals surface area contributed by atoms with Crippen molar-refractivity contribution in [2.75, 3.05) is 18.4 Å². The second-order valence-corrected chi connectivity index (χ2v) is 3.62. The minimum atomic E-state index is -2.55. The first-order chi connectivity index (χ1) is 8.16. The lowest BCUT2D eigenvalue weighted by Crippen LogP contribution is -2.45. The molecular formula is C11H12F2N2O2. The molecule has 0 bridgehead atoms. The van der Waals surface area contributed by atoms with E-state index in [4.69, 9.17) is 4.74 Å². The number of rotatable bonds is 3. The van der Waals surface area contributed by atoms with E-state index in [9.17, 15) is 13.6 Å². The number of ether oxygens (including phenoxy) is 1.